The Kier molecular flexibility index (Phi) is 11.8. The highest BCUT2D eigenvalue weighted by Crippen LogP contribution is 2.30. The Hall–Kier alpha value is -1.83. The number of ether oxygens (including phenoxy) is 3. The highest BCUT2D eigenvalue weighted by Gasteiger charge is 2.18. The molecule has 1 atom stereocenters. The summed E-state index contributed by atoms with van der Waals surface area (Å²) in [6.45, 7) is 5.76. The predicted molar refractivity (Wildman–Crippen MR) is 143 cm³/mol. The zero-order valence-corrected chi connectivity index (χ0v) is 22.7. The maximum absolute atomic E-state index is 13.1. The molecule has 1 unspecified atom stereocenters. The van der Waals surface area contributed by atoms with Gasteiger partial charge in [0.25, 0.3) is 0 Å². The Balaban J connectivity index is 1.63. The molecular weight excluding hydrogens is 501 g/mol. The highest BCUT2D eigenvalue weighted by atomic mass is 35.5. The van der Waals surface area contributed by atoms with E-state index in [0.29, 0.717) is 36.0 Å². The topological polar surface area (TPSA) is 68.2 Å². The first-order valence-electron chi connectivity index (χ1n) is 12.7. The van der Waals surface area contributed by atoms with E-state index in [1.165, 1.54) is 0 Å². The first-order chi connectivity index (χ1) is 17.4. The van der Waals surface area contributed by atoms with Crippen LogP contribution in [0.1, 0.15) is 49.8 Å². The molecule has 0 radical (unpaired) electrons. The molecule has 36 heavy (non-hydrogen) atoms. The smallest absolute Gasteiger partial charge is 0.227 e. The fourth-order valence-electron chi connectivity index (χ4n) is 4.30. The molecule has 1 amide bonds. The number of benzene rings is 2. The molecule has 198 valence electrons. The fraction of sp³-hybridized carbons (Fsp3) is 0.536. The van der Waals surface area contributed by atoms with Gasteiger partial charge in [0.2, 0.25) is 5.91 Å². The first-order valence-corrected chi connectivity index (χ1v) is 13.5. The first kappa shape index (κ1) is 28.7. The van der Waals surface area contributed by atoms with Gasteiger partial charge in [-0.1, -0.05) is 41.4 Å². The number of amides is 1. The number of hydrogen-bond acceptors (Lipinski definition) is 5. The number of carbonyl (C=O) groups is 1. The van der Waals surface area contributed by atoms with E-state index >= 15 is 0 Å². The predicted octanol–water partition coefficient (Wildman–Crippen LogP) is 5.47. The van der Waals surface area contributed by atoms with E-state index in [1.54, 1.807) is 11.0 Å². The summed E-state index contributed by atoms with van der Waals surface area (Å²) in [6.07, 6.45) is 4.41. The lowest BCUT2D eigenvalue weighted by atomic mass is 10.0. The van der Waals surface area contributed by atoms with Crippen LogP contribution in [0.4, 0.5) is 0 Å². The second-order valence-electron chi connectivity index (χ2n) is 9.26. The molecule has 6 nitrogen and oxygen atoms in total. The van der Waals surface area contributed by atoms with E-state index in [9.17, 15) is 9.90 Å². The minimum absolute atomic E-state index is 0.0508. The van der Waals surface area contributed by atoms with Crippen molar-refractivity contribution in [3.63, 3.8) is 0 Å². The van der Waals surface area contributed by atoms with Gasteiger partial charge in [-0.15, -0.1) is 0 Å². The van der Waals surface area contributed by atoms with Crippen LogP contribution in [0.25, 0.3) is 0 Å². The fourth-order valence-corrected chi connectivity index (χ4v) is 4.75. The van der Waals surface area contributed by atoms with Crippen LogP contribution < -0.4 is 4.74 Å². The van der Waals surface area contributed by atoms with E-state index in [4.69, 9.17) is 37.4 Å². The second-order valence-corrected chi connectivity index (χ2v) is 10.0. The van der Waals surface area contributed by atoms with Gasteiger partial charge in [0.15, 0.2) is 6.29 Å². The summed E-state index contributed by atoms with van der Waals surface area (Å²) in [5.41, 5.74) is 2.81. The summed E-state index contributed by atoms with van der Waals surface area (Å²) in [6, 6.07) is 11.3. The molecule has 1 heterocycles. The molecule has 8 heteroatoms. The quantitative estimate of drug-likeness (QED) is 0.366. The average molecular weight is 539 g/mol. The number of aliphatic hydroxyl groups is 1. The molecule has 0 saturated carbocycles. The molecular formula is C28H37Cl2NO5. The van der Waals surface area contributed by atoms with E-state index in [0.717, 1.165) is 48.3 Å². The molecule has 0 aromatic heterocycles. The van der Waals surface area contributed by atoms with E-state index in [1.807, 2.05) is 44.2 Å². The second kappa shape index (κ2) is 14.8. The summed E-state index contributed by atoms with van der Waals surface area (Å²) in [4.78, 5) is 14.8. The molecule has 3 rings (SSSR count). The van der Waals surface area contributed by atoms with Crippen molar-refractivity contribution in [2.45, 2.75) is 64.8 Å². The zero-order valence-electron chi connectivity index (χ0n) is 21.2. The van der Waals surface area contributed by atoms with Crippen molar-refractivity contribution >= 4 is 29.1 Å². The number of nitrogens with zero attached hydrogens (tertiary/aromatic N) is 1. The average Bonchev–Trinajstić information content (AvgIpc) is 2.85. The third-order valence-electron chi connectivity index (χ3n) is 6.09. The SMILES string of the molecule is CC(C)Oc1cccc(CC(=O)N(CCO)CCc2ccc(Cl)c(Cl)c2CCOC2CCCCO2)c1. The Bertz CT molecular complexity index is 978. The Morgan fingerprint density at radius 2 is 2.00 bits per heavy atom. The zero-order chi connectivity index (χ0) is 25.9. The molecule has 1 saturated heterocycles. The van der Waals surface area contributed by atoms with Gasteiger partial charge >= 0.3 is 0 Å². The molecule has 0 bridgehead atoms. The summed E-state index contributed by atoms with van der Waals surface area (Å²) in [5, 5.41) is 10.6. The Morgan fingerprint density at radius 1 is 1.17 bits per heavy atom. The molecule has 0 spiro atoms. The molecule has 1 aliphatic heterocycles. The minimum atomic E-state index is -0.165. The van der Waals surface area contributed by atoms with Gasteiger partial charge in [0.1, 0.15) is 5.75 Å². The number of rotatable bonds is 13. The van der Waals surface area contributed by atoms with Crippen molar-refractivity contribution in [2.75, 3.05) is 32.9 Å². The summed E-state index contributed by atoms with van der Waals surface area (Å²) < 4.78 is 17.3. The molecule has 1 fully saturated rings. The van der Waals surface area contributed by atoms with Gasteiger partial charge in [0, 0.05) is 19.7 Å². The minimum Gasteiger partial charge on any atom is -0.491 e. The van der Waals surface area contributed by atoms with E-state index < -0.39 is 0 Å². The van der Waals surface area contributed by atoms with Crippen LogP contribution >= 0.6 is 23.2 Å². The van der Waals surface area contributed by atoms with Gasteiger partial charge in [-0.05, 0) is 80.8 Å². The van der Waals surface area contributed by atoms with Crippen molar-refractivity contribution in [3.05, 3.63) is 63.1 Å². The van der Waals surface area contributed by atoms with Crippen LogP contribution in [0.3, 0.4) is 0 Å². The maximum Gasteiger partial charge on any atom is 0.227 e. The molecule has 1 N–H and O–H groups in total. The molecule has 2 aromatic carbocycles. The van der Waals surface area contributed by atoms with Crippen LogP contribution in [0, 0.1) is 0 Å². The van der Waals surface area contributed by atoms with Crippen molar-refractivity contribution in [1.82, 2.24) is 4.90 Å². The molecule has 2 aromatic rings. The monoisotopic (exact) mass is 537 g/mol. The van der Waals surface area contributed by atoms with Gasteiger partial charge < -0.3 is 24.2 Å². The van der Waals surface area contributed by atoms with Crippen LogP contribution in [0.15, 0.2) is 36.4 Å². The summed E-state index contributed by atoms with van der Waals surface area (Å²) >= 11 is 12.9. The van der Waals surface area contributed by atoms with Crippen LogP contribution in [0.5, 0.6) is 5.75 Å². The largest absolute Gasteiger partial charge is 0.491 e. The summed E-state index contributed by atoms with van der Waals surface area (Å²) in [5.74, 6) is 0.690. The maximum atomic E-state index is 13.1. The lowest BCUT2D eigenvalue weighted by molar-refractivity contribution is -0.161. The third kappa shape index (κ3) is 8.93. The highest BCUT2D eigenvalue weighted by molar-refractivity contribution is 6.42. The third-order valence-corrected chi connectivity index (χ3v) is 6.93. The van der Waals surface area contributed by atoms with Gasteiger partial charge in [-0.3, -0.25) is 4.79 Å². The number of halogens is 2. The molecule has 1 aliphatic rings. The standard InChI is InChI=1S/C28H37Cl2NO5/c1-20(2)36-23-7-5-6-21(18-23)19-26(33)31(14-15-32)13-11-22-9-10-25(29)28(30)24(22)12-17-35-27-8-3-4-16-34-27/h5-7,9-10,18,20,27,32H,3-4,8,11-17,19H2,1-2H3. The lowest BCUT2D eigenvalue weighted by Crippen LogP contribution is -2.36. The van der Waals surface area contributed by atoms with E-state index in [-0.39, 0.29) is 37.9 Å². The van der Waals surface area contributed by atoms with E-state index in [2.05, 4.69) is 0 Å². The van der Waals surface area contributed by atoms with Crippen molar-refractivity contribution in [2.24, 2.45) is 0 Å². The van der Waals surface area contributed by atoms with Crippen molar-refractivity contribution in [1.29, 1.82) is 0 Å². The number of aliphatic hydroxyl groups excluding tert-OH is 1. The summed E-state index contributed by atoms with van der Waals surface area (Å²) in [7, 11) is 0. The van der Waals surface area contributed by atoms with Gasteiger partial charge in [-0.2, -0.15) is 0 Å². The normalized spacial score (nSPS) is 15.8. The lowest BCUT2D eigenvalue weighted by Gasteiger charge is -2.24. The van der Waals surface area contributed by atoms with Crippen LogP contribution in [-0.2, 0) is 33.5 Å². The van der Waals surface area contributed by atoms with Crippen molar-refractivity contribution in [3.8, 4) is 5.75 Å². The van der Waals surface area contributed by atoms with Crippen LogP contribution in [-0.4, -0.2) is 61.2 Å². The van der Waals surface area contributed by atoms with Gasteiger partial charge in [-0.25, -0.2) is 0 Å². The van der Waals surface area contributed by atoms with Crippen molar-refractivity contribution < 1.29 is 24.1 Å². The Labute approximate surface area is 224 Å². The molecule has 0 aliphatic carbocycles. The number of hydrogen-bond donors (Lipinski definition) is 1. The van der Waals surface area contributed by atoms with Crippen LogP contribution in [0.2, 0.25) is 10.0 Å². The Morgan fingerprint density at radius 3 is 2.72 bits per heavy atom. The van der Waals surface area contributed by atoms with Gasteiger partial charge in [0.05, 0.1) is 35.8 Å². The number of carbonyl (C=O) groups excluding carboxylic acids is 1.